The first-order valence-corrected chi connectivity index (χ1v) is 5.82. The molecule has 2 unspecified atom stereocenters. The number of rotatable bonds is 2. The summed E-state index contributed by atoms with van der Waals surface area (Å²) in [4.78, 5) is 0. The van der Waals surface area contributed by atoms with Gasteiger partial charge >= 0.3 is 0 Å². The first-order valence-electron chi connectivity index (χ1n) is 5.82. The van der Waals surface area contributed by atoms with Gasteiger partial charge in [-0.2, -0.15) is 0 Å². The fourth-order valence-electron chi connectivity index (χ4n) is 2.47. The second-order valence-electron chi connectivity index (χ2n) is 5.72. The van der Waals surface area contributed by atoms with E-state index in [1.54, 1.807) is 0 Å². The Hall–Kier alpha value is -0.0800. The minimum absolute atomic E-state index is 0.0113. The quantitative estimate of drug-likeness (QED) is 0.679. The second-order valence-corrected chi connectivity index (χ2v) is 5.72. The van der Waals surface area contributed by atoms with Gasteiger partial charge in [0.05, 0.1) is 24.4 Å². The lowest BCUT2D eigenvalue weighted by atomic mass is 9.96. The van der Waals surface area contributed by atoms with E-state index >= 15 is 0 Å². The molecule has 0 N–H and O–H groups in total. The highest BCUT2D eigenvalue weighted by molar-refractivity contribution is 4.84. The highest BCUT2D eigenvalue weighted by Gasteiger charge is 2.35. The van der Waals surface area contributed by atoms with Crippen LogP contribution in [0.25, 0.3) is 0 Å². The van der Waals surface area contributed by atoms with Crippen LogP contribution in [0, 0.1) is 5.92 Å². The first kappa shape index (κ1) is 10.4. The van der Waals surface area contributed by atoms with Crippen LogP contribution < -0.4 is 0 Å². The minimum atomic E-state index is 0.0113. The van der Waals surface area contributed by atoms with E-state index in [9.17, 15) is 0 Å². The zero-order valence-corrected chi connectivity index (χ0v) is 9.58. The Morgan fingerprint density at radius 3 is 2.21 bits per heavy atom. The Morgan fingerprint density at radius 1 is 1.14 bits per heavy atom. The van der Waals surface area contributed by atoms with Crippen molar-refractivity contribution in [2.24, 2.45) is 5.92 Å². The molecule has 2 fully saturated rings. The smallest absolute Gasteiger partial charge is 0.0598 e. The predicted octanol–water partition coefficient (Wildman–Crippen LogP) is 2.76. The van der Waals surface area contributed by atoms with Gasteiger partial charge in [-0.3, -0.25) is 0 Å². The van der Waals surface area contributed by atoms with E-state index in [4.69, 9.17) is 9.47 Å². The molecular formula is C12H22O2. The van der Waals surface area contributed by atoms with Gasteiger partial charge in [-0.1, -0.05) is 0 Å². The van der Waals surface area contributed by atoms with E-state index in [-0.39, 0.29) is 5.60 Å². The molecule has 0 radical (unpaired) electrons. The third-order valence-corrected chi connectivity index (χ3v) is 3.14. The molecule has 2 atom stereocenters. The van der Waals surface area contributed by atoms with E-state index in [0.717, 1.165) is 12.5 Å². The predicted molar refractivity (Wildman–Crippen MR) is 56.3 cm³/mol. The summed E-state index contributed by atoms with van der Waals surface area (Å²) in [5.74, 6) is 0.737. The summed E-state index contributed by atoms with van der Waals surface area (Å²) in [7, 11) is 0. The lowest BCUT2D eigenvalue weighted by Gasteiger charge is -2.30. The van der Waals surface area contributed by atoms with Gasteiger partial charge in [0.15, 0.2) is 0 Å². The molecule has 0 aromatic rings. The SMILES string of the molecule is CC(C)(C)OCC1CC2CCC(C1)O2. The van der Waals surface area contributed by atoms with Crippen molar-refractivity contribution >= 4 is 0 Å². The van der Waals surface area contributed by atoms with Crippen molar-refractivity contribution in [3.8, 4) is 0 Å². The number of hydrogen-bond acceptors (Lipinski definition) is 2. The lowest BCUT2D eigenvalue weighted by Crippen LogP contribution is -2.31. The molecule has 0 spiro atoms. The molecule has 0 aromatic heterocycles. The van der Waals surface area contributed by atoms with Crippen molar-refractivity contribution < 1.29 is 9.47 Å². The number of hydrogen-bond donors (Lipinski definition) is 0. The van der Waals surface area contributed by atoms with Gasteiger partial charge in [0.1, 0.15) is 0 Å². The van der Waals surface area contributed by atoms with Gasteiger partial charge in [0.2, 0.25) is 0 Å². The van der Waals surface area contributed by atoms with E-state index in [1.807, 2.05) is 0 Å². The van der Waals surface area contributed by atoms with Crippen molar-refractivity contribution in [3.63, 3.8) is 0 Å². The molecule has 2 rings (SSSR count). The third-order valence-electron chi connectivity index (χ3n) is 3.14. The Labute approximate surface area is 87.0 Å². The van der Waals surface area contributed by atoms with Crippen molar-refractivity contribution in [3.05, 3.63) is 0 Å². The summed E-state index contributed by atoms with van der Waals surface area (Å²) in [6.45, 7) is 7.29. The van der Waals surface area contributed by atoms with E-state index in [0.29, 0.717) is 12.2 Å². The van der Waals surface area contributed by atoms with Gasteiger partial charge in [0, 0.05) is 0 Å². The highest BCUT2D eigenvalue weighted by atomic mass is 16.5. The van der Waals surface area contributed by atoms with Gasteiger partial charge in [-0.25, -0.2) is 0 Å². The average Bonchev–Trinajstić information content (AvgIpc) is 2.41. The van der Waals surface area contributed by atoms with Gasteiger partial charge in [-0.15, -0.1) is 0 Å². The van der Waals surface area contributed by atoms with Crippen LogP contribution in [0.15, 0.2) is 0 Å². The zero-order chi connectivity index (χ0) is 10.2. The lowest BCUT2D eigenvalue weighted by molar-refractivity contribution is -0.0725. The maximum atomic E-state index is 5.84. The third kappa shape index (κ3) is 2.71. The topological polar surface area (TPSA) is 18.5 Å². The summed E-state index contributed by atoms with van der Waals surface area (Å²) in [5.41, 5.74) is 0.0113. The fourth-order valence-corrected chi connectivity index (χ4v) is 2.47. The van der Waals surface area contributed by atoms with Crippen LogP contribution in [-0.4, -0.2) is 24.4 Å². The summed E-state index contributed by atoms with van der Waals surface area (Å²) >= 11 is 0. The molecule has 0 aliphatic carbocycles. The molecule has 0 aromatic carbocycles. The minimum Gasteiger partial charge on any atom is -0.376 e. The largest absolute Gasteiger partial charge is 0.376 e. The fraction of sp³-hybridized carbons (Fsp3) is 1.00. The molecule has 82 valence electrons. The van der Waals surface area contributed by atoms with Crippen molar-refractivity contribution in [1.82, 2.24) is 0 Å². The molecule has 2 heteroatoms. The Balaban J connectivity index is 1.77. The molecule has 0 saturated carbocycles. The normalized spacial score (nSPS) is 37.5. The zero-order valence-electron chi connectivity index (χ0n) is 9.58. The summed E-state index contributed by atoms with van der Waals surface area (Å²) in [6, 6.07) is 0. The van der Waals surface area contributed by atoms with Gasteiger partial charge in [0.25, 0.3) is 0 Å². The average molecular weight is 198 g/mol. The Kier molecular flexibility index (Phi) is 2.85. The van der Waals surface area contributed by atoms with Crippen LogP contribution in [0.5, 0.6) is 0 Å². The van der Waals surface area contributed by atoms with Crippen LogP contribution in [0.3, 0.4) is 0 Å². The molecule has 2 saturated heterocycles. The number of ether oxygens (including phenoxy) is 2. The van der Waals surface area contributed by atoms with E-state index in [1.165, 1.54) is 25.7 Å². The number of fused-ring (bicyclic) bond motifs is 2. The monoisotopic (exact) mass is 198 g/mol. The van der Waals surface area contributed by atoms with Crippen molar-refractivity contribution in [2.75, 3.05) is 6.61 Å². The highest BCUT2D eigenvalue weighted by Crippen LogP contribution is 2.36. The molecule has 14 heavy (non-hydrogen) atoms. The Morgan fingerprint density at radius 2 is 1.71 bits per heavy atom. The van der Waals surface area contributed by atoms with Gasteiger partial charge < -0.3 is 9.47 Å². The van der Waals surface area contributed by atoms with Crippen LogP contribution in [-0.2, 0) is 9.47 Å². The van der Waals surface area contributed by atoms with Crippen LogP contribution in [0.4, 0.5) is 0 Å². The molecular weight excluding hydrogens is 176 g/mol. The van der Waals surface area contributed by atoms with E-state index < -0.39 is 0 Å². The molecule has 2 bridgehead atoms. The van der Waals surface area contributed by atoms with Crippen LogP contribution in [0.1, 0.15) is 46.5 Å². The van der Waals surface area contributed by atoms with Gasteiger partial charge in [-0.05, 0) is 52.4 Å². The maximum absolute atomic E-state index is 5.84. The van der Waals surface area contributed by atoms with E-state index in [2.05, 4.69) is 20.8 Å². The van der Waals surface area contributed by atoms with Crippen molar-refractivity contribution in [1.29, 1.82) is 0 Å². The summed E-state index contributed by atoms with van der Waals surface area (Å²) < 4.78 is 11.6. The second kappa shape index (κ2) is 3.82. The molecule has 2 aliphatic heterocycles. The molecule has 2 heterocycles. The molecule has 2 aliphatic rings. The van der Waals surface area contributed by atoms with Crippen molar-refractivity contribution in [2.45, 2.75) is 64.3 Å². The molecule has 2 nitrogen and oxygen atoms in total. The maximum Gasteiger partial charge on any atom is 0.0598 e. The summed E-state index contributed by atoms with van der Waals surface area (Å²) in [6.07, 6.45) is 6.07. The van der Waals surface area contributed by atoms with Crippen LogP contribution >= 0.6 is 0 Å². The standard InChI is InChI=1S/C12H22O2/c1-12(2,3)13-8-9-6-10-4-5-11(7-9)14-10/h9-11H,4-8H2,1-3H3. The Bertz CT molecular complexity index is 183. The summed E-state index contributed by atoms with van der Waals surface area (Å²) in [5, 5.41) is 0. The van der Waals surface area contributed by atoms with Crippen LogP contribution in [0.2, 0.25) is 0 Å². The first-order chi connectivity index (χ1) is 6.53. The molecule has 0 amide bonds.